The van der Waals surface area contributed by atoms with Gasteiger partial charge in [-0.2, -0.15) is 4.31 Å². The first kappa shape index (κ1) is 24.7. The van der Waals surface area contributed by atoms with Crippen molar-refractivity contribution in [2.75, 3.05) is 31.1 Å². The fraction of sp³-hybridized carbons (Fsp3) is 0.304. The van der Waals surface area contributed by atoms with Gasteiger partial charge in [-0.05, 0) is 42.8 Å². The van der Waals surface area contributed by atoms with E-state index in [4.69, 9.17) is 23.2 Å². The zero-order valence-electron chi connectivity index (χ0n) is 18.7. The number of fused-ring (bicyclic) bond motifs is 1. The molecule has 35 heavy (non-hydrogen) atoms. The second-order valence-electron chi connectivity index (χ2n) is 8.73. The quantitative estimate of drug-likeness (QED) is 0.476. The second-order valence-corrected chi connectivity index (χ2v) is 12.4. The summed E-state index contributed by atoms with van der Waals surface area (Å²) in [6, 6.07) is 12.4. The average Bonchev–Trinajstić information content (AvgIpc) is 3.34. The molecule has 0 unspecified atom stereocenters. The van der Waals surface area contributed by atoms with E-state index >= 15 is 0 Å². The van der Waals surface area contributed by atoms with E-state index < -0.39 is 15.6 Å². The minimum absolute atomic E-state index is 0.0158. The Labute approximate surface area is 222 Å². The second kappa shape index (κ2) is 9.17. The number of carbonyl (C=O) groups excluding carboxylic acids is 1. The average molecular weight is 599 g/mol. The summed E-state index contributed by atoms with van der Waals surface area (Å²) in [4.78, 5) is 19.9. The fourth-order valence-electron chi connectivity index (χ4n) is 4.63. The first-order valence-electron chi connectivity index (χ1n) is 11.0. The molecule has 3 heterocycles. The number of carbonyl (C=O) groups is 1. The smallest absolute Gasteiger partial charge is 0.260 e. The Bertz CT molecular complexity index is 1390. The molecule has 0 radical (unpaired) electrons. The van der Waals surface area contributed by atoms with E-state index in [1.54, 1.807) is 29.7 Å². The Kier molecular flexibility index (Phi) is 6.48. The third-order valence-corrected chi connectivity index (χ3v) is 9.14. The van der Waals surface area contributed by atoms with Crippen molar-refractivity contribution >= 4 is 66.7 Å². The van der Waals surface area contributed by atoms with Gasteiger partial charge in [0.2, 0.25) is 5.95 Å². The number of sulfonamides is 1. The van der Waals surface area contributed by atoms with Crippen LogP contribution in [0.5, 0.6) is 0 Å². The molecule has 1 atom stereocenters. The lowest BCUT2D eigenvalue weighted by molar-refractivity contribution is -0.124. The largest absolute Gasteiger partial charge is 0.314 e. The van der Waals surface area contributed by atoms with Crippen LogP contribution in [0.3, 0.4) is 0 Å². The molecular formula is C23H22BrCl2N5O3S. The van der Waals surface area contributed by atoms with E-state index in [1.165, 1.54) is 15.4 Å². The minimum Gasteiger partial charge on any atom is -0.314 e. The number of imidazole rings is 1. The van der Waals surface area contributed by atoms with Gasteiger partial charge in [0.05, 0.1) is 11.9 Å². The van der Waals surface area contributed by atoms with Crippen LogP contribution in [0.25, 0.3) is 0 Å². The predicted molar refractivity (Wildman–Crippen MR) is 139 cm³/mol. The van der Waals surface area contributed by atoms with E-state index in [0.29, 0.717) is 41.9 Å². The van der Waals surface area contributed by atoms with E-state index in [0.717, 1.165) is 10.0 Å². The Balaban J connectivity index is 1.68. The summed E-state index contributed by atoms with van der Waals surface area (Å²) in [5.41, 5.74) is 0.0374. The number of benzene rings is 2. The summed E-state index contributed by atoms with van der Waals surface area (Å²) in [7, 11) is -3.90. The Hall–Kier alpha value is -1.95. The van der Waals surface area contributed by atoms with Crippen molar-refractivity contribution in [2.45, 2.75) is 23.9 Å². The molecule has 5 rings (SSSR count). The van der Waals surface area contributed by atoms with Crippen LogP contribution in [-0.2, 0) is 26.8 Å². The zero-order chi connectivity index (χ0) is 25.0. The maximum Gasteiger partial charge on any atom is 0.260 e. The Morgan fingerprint density at radius 2 is 1.71 bits per heavy atom. The third-order valence-electron chi connectivity index (χ3n) is 6.32. The van der Waals surface area contributed by atoms with Crippen LogP contribution >= 0.6 is 39.1 Å². The molecule has 2 aromatic carbocycles. The van der Waals surface area contributed by atoms with Gasteiger partial charge in [0.25, 0.3) is 15.9 Å². The molecule has 3 aromatic rings. The standard InChI is InChI=1S/C23H22BrCl2N5O3S/c1-23(13-15-2-4-16(24)5-3-15)21(32)30(19-11-17(25)10-18(26)12-19)22-28-14-20(31(22)23)35(33,34)29-8-6-27-7-9-29/h2-5,10-12,14,27H,6-9,13H2,1H3/t23-/m1/s1. The molecule has 0 aliphatic carbocycles. The normalized spacial score (nSPS) is 20.9. The molecule has 2 aliphatic heterocycles. The first-order valence-corrected chi connectivity index (χ1v) is 13.9. The lowest BCUT2D eigenvalue weighted by atomic mass is 9.92. The van der Waals surface area contributed by atoms with Crippen molar-refractivity contribution in [3.63, 3.8) is 0 Å². The molecule has 1 N–H and O–H groups in total. The van der Waals surface area contributed by atoms with Gasteiger partial charge in [-0.25, -0.2) is 18.3 Å². The molecule has 1 fully saturated rings. The SMILES string of the molecule is C[C@@]1(Cc2ccc(Br)cc2)C(=O)N(c2cc(Cl)cc(Cl)c2)c2ncc(S(=O)(=O)N3CCNCC3)n21. The highest BCUT2D eigenvalue weighted by atomic mass is 79.9. The van der Waals surface area contributed by atoms with Crippen LogP contribution in [0.2, 0.25) is 10.0 Å². The van der Waals surface area contributed by atoms with Crippen molar-refractivity contribution in [3.05, 3.63) is 68.7 Å². The van der Waals surface area contributed by atoms with Gasteiger partial charge in [0, 0.05) is 47.1 Å². The molecule has 0 spiro atoms. The van der Waals surface area contributed by atoms with E-state index in [2.05, 4.69) is 26.2 Å². The van der Waals surface area contributed by atoms with Gasteiger partial charge in [-0.3, -0.25) is 9.36 Å². The predicted octanol–water partition coefficient (Wildman–Crippen LogP) is 4.18. The monoisotopic (exact) mass is 597 g/mol. The van der Waals surface area contributed by atoms with Gasteiger partial charge in [0.15, 0.2) is 5.03 Å². The number of hydrogen-bond donors (Lipinski definition) is 1. The summed E-state index contributed by atoms with van der Waals surface area (Å²) in [6.07, 6.45) is 1.59. The molecule has 12 heteroatoms. The van der Waals surface area contributed by atoms with Crippen molar-refractivity contribution in [2.24, 2.45) is 0 Å². The molecule has 1 saturated heterocycles. The molecule has 0 bridgehead atoms. The number of halogens is 3. The van der Waals surface area contributed by atoms with Gasteiger partial charge in [-0.1, -0.05) is 51.3 Å². The summed E-state index contributed by atoms with van der Waals surface area (Å²) >= 11 is 15.9. The highest BCUT2D eigenvalue weighted by Crippen LogP contribution is 2.44. The van der Waals surface area contributed by atoms with Crippen LogP contribution in [-0.4, -0.2) is 54.4 Å². The van der Waals surface area contributed by atoms with Crippen molar-refractivity contribution in [1.29, 1.82) is 0 Å². The summed E-state index contributed by atoms with van der Waals surface area (Å²) in [6.45, 7) is 3.54. The number of anilines is 2. The topological polar surface area (TPSA) is 87.5 Å². The van der Waals surface area contributed by atoms with Crippen LogP contribution in [0, 0.1) is 0 Å². The third kappa shape index (κ3) is 4.30. The van der Waals surface area contributed by atoms with Crippen LogP contribution in [0.4, 0.5) is 11.6 Å². The number of hydrogen-bond acceptors (Lipinski definition) is 5. The molecule has 1 aromatic heterocycles. The first-order chi connectivity index (χ1) is 16.6. The van der Waals surface area contributed by atoms with Gasteiger partial charge in [0.1, 0.15) is 5.54 Å². The zero-order valence-corrected chi connectivity index (χ0v) is 22.6. The summed E-state index contributed by atoms with van der Waals surface area (Å²) in [5, 5.41) is 3.86. The fourth-order valence-corrected chi connectivity index (χ4v) is 7.04. The summed E-state index contributed by atoms with van der Waals surface area (Å²) < 4.78 is 31.3. The van der Waals surface area contributed by atoms with Crippen molar-refractivity contribution in [1.82, 2.24) is 19.2 Å². The highest BCUT2D eigenvalue weighted by molar-refractivity contribution is 9.10. The molecule has 1 amide bonds. The van der Waals surface area contributed by atoms with Crippen LogP contribution < -0.4 is 10.2 Å². The number of nitrogens with one attached hydrogen (secondary N) is 1. The van der Waals surface area contributed by atoms with E-state index in [-0.39, 0.29) is 23.3 Å². The lowest BCUT2D eigenvalue weighted by Crippen LogP contribution is -2.48. The lowest BCUT2D eigenvalue weighted by Gasteiger charge is -2.30. The summed E-state index contributed by atoms with van der Waals surface area (Å²) in [5.74, 6) is -0.111. The Morgan fingerprint density at radius 1 is 1.09 bits per heavy atom. The maximum absolute atomic E-state index is 14.0. The van der Waals surface area contributed by atoms with Crippen LogP contribution in [0.15, 0.2) is 58.2 Å². The highest BCUT2D eigenvalue weighted by Gasteiger charge is 2.52. The molecular weight excluding hydrogens is 577 g/mol. The molecule has 8 nitrogen and oxygen atoms in total. The minimum atomic E-state index is -3.90. The van der Waals surface area contributed by atoms with Gasteiger partial charge < -0.3 is 5.32 Å². The van der Waals surface area contributed by atoms with Crippen molar-refractivity contribution in [3.8, 4) is 0 Å². The van der Waals surface area contributed by atoms with Crippen molar-refractivity contribution < 1.29 is 13.2 Å². The maximum atomic E-state index is 14.0. The number of amides is 1. The molecule has 0 saturated carbocycles. The number of aromatic nitrogens is 2. The molecule has 184 valence electrons. The van der Waals surface area contributed by atoms with E-state index in [1.807, 2.05) is 24.3 Å². The van der Waals surface area contributed by atoms with E-state index in [9.17, 15) is 13.2 Å². The molecule has 2 aliphatic rings. The number of nitrogens with zero attached hydrogens (tertiary/aromatic N) is 4. The van der Waals surface area contributed by atoms with Crippen LogP contribution in [0.1, 0.15) is 12.5 Å². The Morgan fingerprint density at radius 3 is 2.34 bits per heavy atom. The number of piperazine rings is 1. The van der Waals surface area contributed by atoms with Gasteiger partial charge in [-0.15, -0.1) is 0 Å². The number of rotatable bonds is 5. The van der Waals surface area contributed by atoms with Gasteiger partial charge >= 0.3 is 0 Å².